The van der Waals surface area contributed by atoms with Crippen molar-refractivity contribution >= 4 is 18.7 Å². The van der Waals surface area contributed by atoms with Gasteiger partial charge in [0.25, 0.3) is 0 Å². The maximum Gasteiger partial charge on any atom is 0.331 e. The molecule has 0 aromatic heterocycles. The first-order valence-corrected chi connectivity index (χ1v) is 12.0. The van der Waals surface area contributed by atoms with Crippen LogP contribution >= 0.6 is 6.89 Å². The van der Waals surface area contributed by atoms with E-state index < -0.39 is 6.89 Å². The first-order chi connectivity index (χ1) is 11.7. The Bertz CT molecular complexity index is 479. The van der Waals surface area contributed by atoms with E-state index in [1.165, 1.54) is 57.0 Å². The van der Waals surface area contributed by atoms with E-state index in [4.69, 9.17) is 4.74 Å². The van der Waals surface area contributed by atoms with Gasteiger partial charge in [-0.3, -0.25) is 0 Å². The fraction of sp³-hybridized carbons (Fsp3) is 0.619. The van der Waals surface area contributed by atoms with Gasteiger partial charge in [0.05, 0.1) is 0 Å². The molecule has 1 aromatic carbocycles. The van der Waals surface area contributed by atoms with E-state index in [0.29, 0.717) is 6.61 Å². The van der Waals surface area contributed by atoms with E-state index in [1.54, 1.807) is 0 Å². The Kier molecular flexibility index (Phi) is 10.8. The third-order valence-corrected chi connectivity index (χ3v) is 8.85. The van der Waals surface area contributed by atoms with Crippen LogP contribution in [0.25, 0.3) is 0 Å². The van der Waals surface area contributed by atoms with E-state index in [1.807, 2.05) is 36.1 Å². The Hall–Kier alpha value is -1.01. The van der Waals surface area contributed by atoms with Crippen LogP contribution in [-0.4, -0.2) is 30.3 Å². The Balaban J connectivity index is 2.82. The van der Waals surface area contributed by atoms with Gasteiger partial charge in [-0.15, -0.1) is 0 Å². The zero-order valence-corrected chi connectivity index (χ0v) is 16.7. The molecule has 0 spiro atoms. The van der Waals surface area contributed by atoms with Crippen LogP contribution in [0.5, 0.6) is 0 Å². The number of carbonyl (C=O) groups is 1. The van der Waals surface area contributed by atoms with Crippen molar-refractivity contribution in [1.82, 2.24) is 0 Å². The molecule has 0 aliphatic carbocycles. The van der Waals surface area contributed by atoms with Gasteiger partial charge in [-0.2, -0.15) is 0 Å². The van der Waals surface area contributed by atoms with Crippen LogP contribution in [0.1, 0.15) is 64.9 Å². The van der Waals surface area contributed by atoms with Crippen LogP contribution in [0.15, 0.2) is 30.3 Å². The zero-order valence-electron chi connectivity index (χ0n) is 15.8. The van der Waals surface area contributed by atoms with Crippen molar-refractivity contribution < 1.29 is 9.53 Å². The Morgan fingerprint density at radius 1 is 0.917 bits per heavy atom. The van der Waals surface area contributed by atoms with E-state index in [9.17, 15) is 4.79 Å². The summed E-state index contributed by atoms with van der Waals surface area (Å²) in [6.07, 6.45) is 10.9. The molecule has 0 aliphatic heterocycles. The molecule has 0 heterocycles. The average Bonchev–Trinajstić information content (AvgIpc) is 2.62. The molecule has 0 saturated carbocycles. The van der Waals surface area contributed by atoms with Crippen molar-refractivity contribution in [1.29, 1.82) is 0 Å². The number of rotatable bonds is 12. The number of esters is 1. The van der Waals surface area contributed by atoms with Gasteiger partial charge in [-0.1, -0.05) is 77.3 Å². The standard InChI is InChI=1S/C21H35O2P/c1-4-7-15-24(16-8-5-2,17-9-6-3)19-21(22)23-18-20-13-11-10-12-14-20/h10-14,19H,4-9,15-18H2,1-3H3. The van der Waals surface area contributed by atoms with Gasteiger partial charge in [-0.25, -0.2) is 4.79 Å². The Morgan fingerprint density at radius 2 is 1.42 bits per heavy atom. The molecule has 0 radical (unpaired) electrons. The summed E-state index contributed by atoms with van der Waals surface area (Å²) in [5, 5.41) is 0. The summed E-state index contributed by atoms with van der Waals surface area (Å²) in [7, 11) is 0. The normalized spacial score (nSPS) is 11.3. The monoisotopic (exact) mass is 350 g/mol. The maximum absolute atomic E-state index is 12.5. The topological polar surface area (TPSA) is 26.3 Å². The molecule has 1 rings (SSSR count). The number of carbonyl (C=O) groups excluding carboxylic acids is 1. The van der Waals surface area contributed by atoms with Crippen LogP contribution in [-0.2, 0) is 16.1 Å². The first-order valence-electron chi connectivity index (χ1n) is 9.58. The van der Waals surface area contributed by atoms with Crippen LogP contribution in [0.3, 0.4) is 0 Å². The lowest BCUT2D eigenvalue weighted by atomic mass is 10.2. The molecule has 0 N–H and O–H groups in total. The van der Waals surface area contributed by atoms with Gasteiger partial charge in [0.15, 0.2) is 0 Å². The molecular weight excluding hydrogens is 315 g/mol. The van der Waals surface area contributed by atoms with Gasteiger partial charge < -0.3 is 4.74 Å². The van der Waals surface area contributed by atoms with Crippen molar-refractivity contribution in [2.24, 2.45) is 0 Å². The highest BCUT2D eigenvalue weighted by atomic mass is 31.2. The molecule has 0 amide bonds. The number of hydrogen-bond acceptors (Lipinski definition) is 2. The van der Waals surface area contributed by atoms with E-state index in [0.717, 1.165) is 5.56 Å². The molecule has 3 heteroatoms. The van der Waals surface area contributed by atoms with Crippen LogP contribution in [0, 0.1) is 0 Å². The average molecular weight is 350 g/mol. The van der Waals surface area contributed by atoms with Crippen LogP contribution in [0.4, 0.5) is 0 Å². The van der Waals surface area contributed by atoms with Crippen molar-refractivity contribution in [2.75, 3.05) is 18.5 Å². The molecule has 0 unspecified atom stereocenters. The van der Waals surface area contributed by atoms with Gasteiger partial charge in [0.2, 0.25) is 0 Å². The molecule has 136 valence electrons. The smallest absolute Gasteiger partial charge is 0.331 e. The minimum absolute atomic E-state index is 0.101. The predicted octanol–water partition coefficient (Wildman–Crippen LogP) is 5.95. The zero-order chi connectivity index (χ0) is 17.7. The summed E-state index contributed by atoms with van der Waals surface area (Å²) in [5.74, 6) is 1.92. The summed E-state index contributed by atoms with van der Waals surface area (Å²) in [6, 6.07) is 9.94. The van der Waals surface area contributed by atoms with E-state index >= 15 is 0 Å². The lowest BCUT2D eigenvalue weighted by Crippen LogP contribution is -2.12. The van der Waals surface area contributed by atoms with Gasteiger partial charge in [0, 0.05) is 5.80 Å². The lowest BCUT2D eigenvalue weighted by molar-refractivity contribution is -0.136. The molecule has 0 fully saturated rings. The number of benzene rings is 1. The second-order valence-corrected chi connectivity index (χ2v) is 10.7. The first kappa shape index (κ1) is 21.0. The molecule has 24 heavy (non-hydrogen) atoms. The van der Waals surface area contributed by atoms with Gasteiger partial charge in [-0.05, 0) is 43.3 Å². The maximum atomic E-state index is 12.5. The second kappa shape index (κ2) is 12.4. The third-order valence-electron chi connectivity index (χ3n) is 4.47. The highest BCUT2D eigenvalue weighted by Crippen LogP contribution is 2.49. The summed E-state index contributed by atoms with van der Waals surface area (Å²) in [5.41, 5.74) is 1.05. The SMILES string of the molecule is CCCCP(=CC(=O)OCc1ccccc1)(CCCC)CCCC. The molecule has 1 aromatic rings. The summed E-state index contributed by atoms with van der Waals surface area (Å²) in [6.45, 7) is 5.77. The Labute approximate surface area is 149 Å². The van der Waals surface area contributed by atoms with Gasteiger partial charge in [0.1, 0.15) is 6.61 Å². The highest BCUT2D eigenvalue weighted by molar-refractivity contribution is 7.76. The van der Waals surface area contributed by atoms with E-state index in [-0.39, 0.29) is 5.97 Å². The van der Waals surface area contributed by atoms with E-state index in [2.05, 4.69) is 20.8 Å². The largest absolute Gasteiger partial charge is 0.458 e. The molecule has 0 atom stereocenters. The fourth-order valence-corrected chi connectivity index (χ4v) is 7.36. The fourth-order valence-electron chi connectivity index (χ4n) is 2.94. The van der Waals surface area contributed by atoms with Crippen LogP contribution < -0.4 is 0 Å². The number of hydrogen-bond donors (Lipinski definition) is 0. The molecule has 2 nitrogen and oxygen atoms in total. The molecule has 0 bridgehead atoms. The van der Waals surface area contributed by atoms with Crippen molar-refractivity contribution in [3.8, 4) is 0 Å². The summed E-state index contributed by atoms with van der Waals surface area (Å²) in [4.78, 5) is 12.5. The minimum atomic E-state index is -1.32. The summed E-state index contributed by atoms with van der Waals surface area (Å²) < 4.78 is 5.56. The van der Waals surface area contributed by atoms with Crippen molar-refractivity contribution in [2.45, 2.75) is 65.9 Å². The predicted molar refractivity (Wildman–Crippen MR) is 109 cm³/mol. The molecular formula is C21H35O2P. The van der Waals surface area contributed by atoms with Gasteiger partial charge >= 0.3 is 5.97 Å². The quantitative estimate of drug-likeness (QED) is 0.344. The van der Waals surface area contributed by atoms with Crippen LogP contribution in [0.2, 0.25) is 0 Å². The third kappa shape index (κ3) is 8.20. The van der Waals surface area contributed by atoms with Crippen molar-refractivity contribution in [3.63, 3.8) is 0 Å². The molecule has 0 saturated heterocycles. The summed E-state index contributed by atoms with van der Waals surface area (Å²) >= 11 is 0. The number of unbranched alkanes of at least 4 members (excludes halogenated alkanes) is 3. The number of ether oxygens (including phenoxy) is 1. The highest BCUT2D eigenvalue weighted by Gasteiger charge is 2.18. The second-order valence-electron chi connectivity index (χ2n) is 6.67. The minimum Gasteiger partial charge on any atom is -0.458 e. The Morgan fingerprint density at radius 3 is 1.88 bits per heavy atom. The van der Waals surface area contributed by atoms with Crippen molar-refractivity contribution in [3.05, 3.63) is 35.9 Å². The molecule has 0 aliphatic rings. The lowest BCUT2D eigenvalue weighted by Gasteiger charge is -2.26.